The Bertz CT molecular complexity index is 1770. The topological polar surface area (TPSA) is 106 Å². The van der Waals surface area contributed by atoms with E-state index in [4.69, 9.17) is 0 Å². The number of pyridine rings is 1. The van der Waals surface area contributed by atoms with Gasteiger partial charge in [-0.15, -0.1) is 13.2 Å². The van der Waals surface area contributed by atoms with Gasteiger partial charge in [0.05, 0.1) is 17.7 Å². The monoisotopic (exact) mass is 605 g/mol. The minimum Gasteiger partial charge on any atom is -0.406 e. The highest BCUT2D eigenvalue weighted by molar-refractivity contribution is 7.92. The van der Waals surface area contributed by atoms with Crippen molar-refractivity contribution in [2.75, 3.05) is 10.6 Å². The van der Waals surface area contributed by atoms with Crippen molar-refractivity contribution < 1.29 is 34.7 Å². The Hall–Kier alpha value is -3.68. The van der Waals surface area contributed by atoms with Crippen molar-refractivity contribution in [1.82, 2.24) is 9.71 Å². The van der Waals surface area contributed by atoms with E-state index >= 15 is 0 Å². The Labute approximate surface area is 235 Å². The third kappa shape index (κ3) is 6.97. The summed E-state index contributed by atoms with van der Waals surface area (Å²) in [5, 5.41) is 1.75. The number of benzene rings is 3. The first-order valence-electron chi connectivity index (χ1n) is 12.6. The van der Waals surface area contributed by atoms with Crippen LogP contribution in [0.1, 0.15) is 35.4 Å². The summed E-state index contributed by atoms with van der Waals surface area (Å²) in [5.41, 5.74) is 1.79. The molecule has 1 saturated carbocycles. The van der Waals surface area contributed by atoms with Crippen LogP contribution in [0.25, 0.3) is 10.8 Å². The molecule has 41 heavy (non-hydrogen) atoms. The summed E-state index contributed by atoms with van der Waals surface area (Å²) in [5.74, 6) is -0.0469. The molecule has 4 aromatic rings. The molecule has 0 radical (unpaired) electrons. The first kappa shape index (κ1) is 28.8. The minimum atomic E-state index is -4.85. The summed E-state index contributed by atoms with van der Waals surface area (Å²) in [6.07, 6.45) is -0.461. The quantitative estimate of drug-likeness (QED) is 0.258. The molecule has 0 amide bonds. The fourth-order valence-electron chi connectivity index (χ4n) is 4.51. The lowest BCUT2D eigenvalue weighted by atomic mass is 10.0. The minimum absolute atomic E-state index is 0.00667. The van der Waals surface area contributed by atoms with Crippen molar-refractivity contribution in [3.8, 4) is 5.75 Å². The van der Waals surface area contributed by atoms with Crippen LogP contribution in [-0.2, 0) is 33.1 Å². The van der Waals surface area contributed by atoms with Crippen LogP contribution in [0.5, 0.6) is 5.75 Å². The molecular formula is C28H26F3N3O5S2. The third-order valence-electron chi connectivity index (χ3n) is 6.57. The maximum Gasteiger partial charge on any atom is 0.573 e. The highest BCUT2D eigenvalue weighted by Crippen LogP contribution is 2.48. The molecule has 5 rings (SSSR count). The van der Waals surface area contributed by atoms with Gasteiger partial charge in [0, 0.05) is 23.7 Å². The molecule has 0 atom stereocenters. The van der Waals surface area contributed by atoms with Crippen LogP contribution in [0.4, 0.5) is 19.0 Å². The van der Waals surface area contributed by atoms with Gasteiger partial charge in [0.1, 0.15) is 11.6 Å². The number of aromatic nitrogens is 1. The van der Waals surface area contributed by atoms with Gasteiger partial charge in [-0.2, -0.15) is 0 Å². The lowest BCUT2D eigenvalue weighted by Gasteiger charge is -2.27. The Morgan fingerprint density at radius 1 is 0.927 bits per heavy atom. The van der Waals surface area contributed by atoms with Gasteiger partial charge in [0.15, 0.2) is 0 Å². The van der Waals surface area contributed by atoms with Crippen LogP contribution >= 0.6 is 0 Å². The SMILES string of the molecule is CS(=O)(=O)NCc1ccc(S(=O)(=O)N(Cc2ccc(OC(F)(F)F)cc2)c2ncc3ccccc3c2C2CC2)cc1. The largest absolute Gasteiger partial charge is 0.573 e. The van der Waals surface area contributed by atoms with E-state index in [1.165, 1.54) is 40.7 Å². The molecule has 1 aliphatic rings. The highest BCUT2D eigenvalue weighted by Gasteiger charge is 2.35. The van der Waals surface area contributed by atoms with Gasteiger partial charge >= 0.3 is 6.36 Å². The summed E-state index contributed by atoms with van der Waals surface area (Å²) in [6.45, 7) is -0.204. The normalized spacial score (nSPS) is 14.2. The van der Waals surface area contributed by atoms with Crippen LogP contribution in [0.3, 0.4) is 0 Å². The zero-order valence-electron chi connectivity index (χ0n) is 21.8. The first-order chi connectivity index (χ1) is 19.3. The van der Waals surface area contributed by atoms with Gasteiger partial charge in [0.25, 0.3) is 10.0 Å². The van der Waals surface area contributed by atoms with Crippen LogP contribution in [-0.4, -0.2) is 34.4 Å². The number of sulfonamides is 2. The number of fused-ring (bicyclic) bond motifs is 1. The van der Waals surface area contributed by atoms with E-state index in [-0.39, 0.29) is 29.7 Å². The molecule has 13 heteroatoms. The van der Waals surface area contributed by atoms with Gasteiger partial charge < -0.3 is 4.74 Å². The van der Waals surface area contributed by atoms with Crippen molar-refractivity contribution in [2.45, 2.75) is 43.1 Å². The second kappa shape index (κ2) is 11.0. The average molecular weight is 606 g/mol. The first-order valence-corrected chi connectivity index (χ1v) is 15.9. The number of rotatable bonds is 10. The van der Waals surface area contributed by atoms with Gasteiger partial charge in [-0.25, -0.2) is 30.8 Å². The van der Waals surface area contributed by atoms with Gasteiger partial charge in [-0.05, 0) is 59.5 Å². The molecule has 0 unspecified atom stereocenters. The number of halogens is 3. The van der Waals surface area contributed by atoms with E-state index in [1.54, 1.807) is 6.20 Å². The standard InChI is InChI=1S/C28H26F3N3O5S2/c1-40(35,36)33-16-19-8-14-24(15-9-19)41(37,38)34(18-20-6-12-23(13-7-20)39-28(29,30)31)27-26(21-10-11-21)25-5-3-2-4-22(25)17-32-27/h2-9,12-15,17,21,33H,10-11,16,18H2,1H3. The molecule has 0 bridgehead atoms. The molecule has 1 fully saturated rings. The van der Waals surface area contributed by atoms with Crippen molar-refractivity contribution in [3.63, 3.8) is 0 Å². The number of ether oxygens (including phenoxy) is 1. The summed E-state index contributed by atoms with van der Waals surface area (Å²) < 4.78 is 96.6. The van der Waals surface area contributed by atoms with Crippen molar-refractivity contribution in [1.29, 1.82) is 0 Å². The summed E-state index contributed by atoms with van der Waals surface area (Å²) in [7, 11) is -7.67. The van der Waals surface area contributed by atoms with Crippen LogP contribution in [0.15, 0.2) is 83.9 Å². The zero-order chi connectivity index (χ0) is 29.4. The maximum absolute atomic E-state index is 14.2. The van der Waals surface area contributed by atoms with Crippen molar-refractivity contribution >= 4 is 36.6 Å². The molecule has 1 aromatic heterocycles. The zero-order valence-corrected chi connectivity index (χ0v) is 23.4. The van der Waals surface area contributed by atoms with Gasteiger partial charge in [-0.1, -0.05) is 48.5 Å². The van der Waals surface area contributed by atoms with Crippen LogP contribution < -0.4 is 13.8 Å². The lowest BCUT2D eigenvalue weighted by molar-refractivity contribution is -0.274. The number of hydrogen-bond donors (Lipinski definition) is 1. The second-order valence-electron chi connectivity index (χ2n) is 9.80. The molecule has 216 valence electrons. The summed E-state index contributed by atoms with van der Waals surface area (Å²) in [4.78, 5) is 4.55. The number of hydrogen-bond acceptors (Lipinski definition) is 6. The van der Waals surface area contributed by atoms with Crippen LogP contribution in [0, 0.1) is 0 Å². The fourth-order valence-corrected chi connectivity index (χ4v) is 6.36. The average Bonchev–Trinajstić information content (AvgIpc) is 3.75. The molecule has 1 N–H and O–H groups in total. The number of nitrogens with zero attached hydrogens (tertiary/aromatic N) is 2. The number of nitrogens with one attached hydrogen (secondary N) is 1. The smallest absolute Gasteiger partial charge is 0.406 e. The molecule has 1 heterocycles. The molecule has 8 nitrogen and oxygen atoms in total. The van der Waals surface area contributed by atoms with E-state index in [2.05, 4.69) is 14.4 Å². The molecular weight excluding hydrogens is 579 g/mol. The number of anilines is 1. The van der Waals surface area contributed by atoms with E-state index in [0.717, 1.165) is 47.6 Å². The maximum atomic E-state index is 14.2. The van der Waals surface area contributed by atoms with Gasteiger partial charge in [-0.3, -0.25) is 0 Å². The number of alkyl halides is 3. The fraction of sp³-hybridized carbons (Fsp3) is 0.250. The molecule has 0 aliphatic heterocycles. The Morgan fingerprint density at radius 3 is 2.17 bits per heavy atom. The molecule has 3 aromatic carbocycles. The Morgan fingerprint density at radius 2 is 1.56 bits per heavy atom. The van der Waals surface area contributed by atoms with E-state index in [1.807, 2.05) is 24.3 Å². The van der Waals surface area contributed by atoms with E-state index < -0.39 is 32.2 Å². The van der Waals surface area contributed by atoms with E-state index in [0.29, 0.717) is 11.1 Å². The molecule has 0 saturated heterocycles. The van der Waals surface area contributed by atoms with Crippen LogP contribution in [0.2, 0.25) is 0 Å². The Kier molecular flexibility index (Phi) is 7.70. The predicted molar refractivity (Wildman–Crippen MR) is 148 cm³/mol. The highest BCUT2D eigenvalue weighted by atomic mass is 32.2. The lowest BCUT2D eigenvalue weighted by Crippen LogP contribution is -2.32. The van der Waals surface area contributed by atoms with Crippen molar-refractivity contribution in [3.05, 3.63) is 95.7 Å². The van der Waals surface area contributed by atoms with Crippen molar-refractivity contribution in [2.24, 2.45) is 0 Å². The van der Waals surface area contributed by atoms with Gasteiger partial charge in [0.2, 0.25) is 10.0 Å². The molecule has 0 spiro atoms. The predicted octanol–water partition coefficient (Wildman–Crippen LogP) is 5.46. The summed E-state index contributed by atoms with van der Waals surface area (Å²) in [6, 6.07) is 18.4. The Balaban J connectivity index is 1.56. The molecule has 1 aliphatic carbocycles. The van der Waals surface area contributed by atoms with E-state index in [9.17, 15) is 30.0 Å². The third-order valence-corrected chi connectivity index (χ3v) is 8.99. The second-order valence-corrected chi connectivity index (χ2v) is 13.5. The summed E-state index contributed by atoms with van der Waals surface area (Å²) >= 11 is 0.